The number of hydrogen-bond acceptors (Lipinski definition) is 5. The summed E-state index contributed by atoms with van der Waals surface area (Å²) in [5.41, 5.74) is 0.389. The van der Waals surface area contributed by atoms with E-state index in [1.807, 2.05) is 0 Å². The van der Waals surface area contributed by atoms with Gasteiger partial charge in [0.15, 0.2) is 6.61 Å². The summed E-state index contributed by atoms with van der Waals surface area (Å²) in [6, 6.07) is 6.31. The third-order valence-electron chi connectivity index (χ3n) is 2.57. The number of carbonyl (C=O) groups is 2. The van der Waals surface area contributed by atoms with Crippen LogP contribution in [0, 0.1) is 0 Å². The first-order chi connectivity index (χ1) is 10.5. The van der Waals surface area contributed by atoms with Crippen LogP contribution in [0.2, 0.25) is 10.0 Å². The second-order valence-electron chi connectivity index (χ2n) is 4.07. The van der Waals surface area contributed by atoms with Crippen molar-refractivity contribution in [3.63, 3.8) is 0 Å². The molecule has 0 bridgehead atoms. The Balaban J connectivity index is 1.95. The van der Waals surface area contributed by atoms with Crippen LogP contribution in [0.15, 0.2) is 29.6 Å². The van der Waals surface area contributed by atoms with Crippen LogP contribution in [0.5, 0.6) is 5.75 Å². The molecule has 2 aromatic rings. The maximum atomic E-state index is 11.9. The number of methoxy groups -OCH3 is 1. The number of thiophene rings is 1. The minimum Gasteiger partial charge on any atom is -0.484 e. The molecular formula is C14H11Cl2NO4S. The van der Waals surface area contributed by atoms with Crippen LogP contribution in [0.3, 0.4) is 0 Å². The zero-order chi connectivity index (χ0) is 16.1. The van der Waals surface area contributed by atoms with E-state index in [2.05, 4.69) is 10.1 Å². The summed E-state index contributed by atoms with van der Waals surface area (Å²) in [5, 5.41) is 5.01. The van der Waals surface area contributed by atoms with Crippen LogP contribution in [0.1, 0.15) is 9.67 Å². The molecule has 0 aliphatic heterocycles. The molecule has 0 saturated heterocycles. The van der Waals surface area contributed by atoms with E-state index in [1.54, 1.807) is 23.6 Å². The van der Waals surface area contributed by atoms with Crippen molar-refractivity contribution in [3.8, 4) is 5.75 Å². The second-order valence-corrected chi connectivity index (χ2v) is 5.80. The molecule has 116 valence electrons. The van der Waals surface area contributed by atoms with E-state index in [9.17, 15) is 9.59 Å². The molecule has 8 heteroatoms. The van der Waals surface area contributed by atoms with Gasteiger partial charge < -0.3 is 14.8 Å². The van der Waals surface area contributed by atoms with E-state index < -0.39 is 11.9 Å². The molecule has 2 rings (SSSR count). The van der Waals surface area contributed by atoms with Crippen LogP contribution in [-0.4, -0.2) is 25.6 Å². The Morgan fingerprint density at radius 2 is 2.00 bits per heavy atom. The summed E-state index contributed by atoms with van der Waals surface area (Å²) in [5.74, 6) is -0.492. The van der Waals surface area contributed by atoms with Crippen molar-refractivity contribution in [2.45, 2.75) is 0 Å². The normalized spacial score (nSPS) is 10.1. The summed E-state index contributed by atoms with van der Waals surface area (Å²) in [6.45, 7) is -0.228. The van der Waals surface area contributed by atoms with Gasteiger partial charge in [0, 0.05) is 6.07 Å². The largest absolute Gasteiger partial charge is 0.484 e. The lowest BCUT2D eigenvalue weighted by Gasteiger charge is -2.08. The van der Waals surface area contributed by atoms with Crippen molar-refractivity contribution in [1.29, 1.82) is 0 Å². The zero-order valence-corrected chi connectivity index (χ0v) is 13.7. The Labute approximate surface area is 140 Å². The fourth-order valence-electron chi connectivity index (χ4n) is 1.56. The highest BCUT2D eigenvalue weighted by Crippen LogP contribution is 2.26. The van der Waals surface area contributed by atoms with Gasteiger partial charge in [0.25, 0.3) is 5.91 Å². The average molecular weight is 360 g/mol. The summed E-state index contributed by atoms with van der Waals surface area (Å²) in [7, 11) is 1.28. The lowest BCUT2D eigenvalue weighted by atomic mass is 10.3. The van der Waals surface area contributed by atoms with Crippen LogP contribution in [-0.2, 0) is 9.53 Å². The molecule has 0 spiro atoms. The molecule has 0 radical (unpaired) electrons. The second kappa shape index (κ2) is 7.49. The van der Waals surface area contributed by atoms with Gasteiger partial charge in [-0.05, 0) is 23.6 Å². The van der Waals surface area contributed by atoms with Crippen LogP contribution >= 0.6 is 34.5 Å². The topological polar surface area (TPSA) is 64.6 Å². The number of hydrogen-bond donors (Lipinski definition) is 1. The van der Waals surface area contributed by atoms with E-state index >= 15 is 0 Å². The molecule has 1 N–H and O–H groups in total. The van der Waals surface area contributed by atoms with E-state index in [-0.39, 0.29) is 6.61 Å². The van der Waals surface area contributed by atoms with Crippen molar-refractivity contribution in [3.05, 3.63) is 44.6 Å². The van der Waals surface area contributed by atoms with E-state index in [0.717, 1.165) is 0 Å². The van der Waals surface area contributed by atoms with Gasteiger partial charge in [-0.2, -0.15) is 0 Å². The Hall–Kier alpha value is -1.76. The highest BCUT2D eigenvalue weighted by molar-refractivity contribution is 7.12. The van der Waals surface area contributed by atoms with E-state index in [0.29, 0.717) is 26.4 Å². The van der Waals surface area contributed by atoms with Crippen LogP contribution in [0.25, 0.3) is 0 Å². The highest BCUT2D eigenvalue weighted by atomic mass is 35.5. The Bertz CT molecular complexity index is 702. The Morgan fingerprint density at radius 3 is 2.68 bits per heavy atom. The first kappa shape index (κ1) is 16.6. The van der Waals surface area contributed by atoms with Gasteiger partial charge in [-0.3, -0.25) is 4.79 Å². The number of esters is 1. The zero-order valence-electron chi connectivity index (χ0n) is 11.4. The van der Waals surface area contributed by atoms with Crippen molar-refractivity contribution in [2.24, 2.45) is 0 Å². The van der Waals surface area contributed by atoms with Gasteiger partial charge in [0.2, 0.25) is 0 Å². The molecule has 0 fully saturated rings. The molecule has 0 aliphatic carbocycles. The van der Waals surface area contributed by atoms with Crippen LogP contribution < -0.4 is 10.1 Å². The first-order valence-corrected chi connectivity index (χ1v) is 7.68. The Morgan fingerprint density at radius 1 is 1.23 bits per heavy atom. The third-order valence-corrected chi connectivity index (χ3v) is 4.20. The minimum atomic E-state index is -0.504. The van der Waals surface area contributed by atoms with E-state index in [1.165, 1.54) is 24.5 Å². The molecular weight excluding hydrogens is 349 g/mol. The number of rotatable bonds is 5. The minimum absolute atomic E-state index is 0.228. The fourth-order valence-corrected chi connectivity index (χ4v) is 2.61. The molecule has 0 aliphatic rings. The maximum absolute atomic E-state index is 11.9. The lowest BCUT2D eigenvalue weighted by Crippen LogP contribution is -2.21. The smallest absolute Gasteiger partial charge is 0.350 e. The summed E-state index contributed by atoms with van der Waals surface area (Å²) in [4.78, 5) is 23.7. The van der Waals surface area contributed by atoms with Crippen molar-refractivity contribution < 1.29 is 19.1 Å². The van der Waals surface area contributed by atoms with Crippen molar-refractivity contribution in [1.82, 2.24) is 0 Å². The van der Waals surface area contributed by atoms with Crippen molar-refractivity contribution >= 4 is 52.1 Å². The first-order valence-electron chi connectivity index (χ1n) is 6.04. The monoisotopic (exact) mass is 359 g/mol. The maximum Gasteiger partial charge on any atom is 0.350 e. The number of nitrogens with one attached hydrogen (secondary N) is 1. The van der Waals surface area contributed by atoms with Crippen LogP contribution in [0.4, 0.5) is 5.69 Å². The number of benzene rings is 1. The molecule has 1 heterocycles. The standard InChI is InChI=1S/C14H11Cl2NO4S/c1-20-14(19)13-11(4-5-22-13)17-12(18)7-21-8-2-3-9(15)10(16)6-8/h2-6H,7H2,1H3,(H,17,18). The molecule has 0 saturated carbocycles. The summed E-state index contributed by atoms with van der Waals surface area (Å²) >= 11 is 12.8. The SMILES string of the molecule is COC(=O)c1sccc1NC(=O)COc1ccc(Cl)c(Cl)c1. The van der Waals surface area contributed by atoms with Gasteiger partial charge in [-0.1, -0.05) is 23.2 Å². The molecule has 1 amide bonds. The average Bonchev–Trinajstić information content (AvgIpc) is 2.95. The van der Waals surface area contributed by atoms with Gasteiger partial charge in [0.1, 0.15) is 10.6 Å². The van der Waals surface area contributed by atoms with Gasteiger partial charge in [-0.25, -0.2) is 4.79 Å². The third kappa shape index (κ3) is 4.13. The molecule has 22 heavy (non-hydrogen) atoms. The lowest BCUT2D eigenvalue weighted by molar-refractivity contribution is -0.118. The molecule has 0 atom stereocenters. The molecule has 5 nitrogen and oxygen atoms in total. The molecule has 1 aromatic heterocycles. The predicted octanol–water partition coefficient (Wildman–Crippen LogP) is 3.86. The molecule has 1 aromatic carbocycles. The molecule has 0 unspecified atom stereocenters. The number of halogens is 2. The predicted molar refractivity (Wildman–Crippen MR) is 86.2 cm³/mol. The van der Waals surface area contributed by atoms with Gasteiger partial charge in [-0.15, -0.1) is 11.3 Å². The van der Waals surface area contributed by atoms with Gasteiger partial charge in [0.05, 0.1) is 22.8 Å². The fraction of sp³-hybridized carbons (Fsp3) is 0.143. The van der Waals surface area contributed by atoms with E-state index in [4.69, 9.17) is 27.9 Å². The summed E-state index contributed by atoms with van der Waals surface area (Å²) in [6.07, 6.45) is 0. The number of amides is 1. The quantitative estimate of drug-likeness (QED) is 0.823. The number of anilines is 1. The number of carbonyl (C=O) groups excluding carboxylic acids is 2. The van der Waals surface area contributed by atoms with Crippen molar-refractivity contribution in [2.75, 3.05) is 19.0 Å². The number of ether oxygens (including phenoxy) is 2. The van der Waals surface area contributed by atoms with Gasteiger partial charge >= 0.3 is 5.97 Å². The summed E-state index contributed by atoms with van der Waals surface area (Å²) < 4.78 is 9.94. The highest BCUT2D eigenvalue weighted by Gasteiger charge is 2.15. The Kier molecular flexibility index (Phi) is 5.65.